The van der Waals surface area contributed by atoms with E-state index in [0.717, 1.165) is 19.3 Å². The highest BCUT2D eigenvalue weighted by Crippen LogP contribution is 2.42. The number of rotatable bonds is 4. The van der Waals surface area contributed by atoms with Gasteiger partial charge in [0, 0.05) is 26.1 Å². The fourth-order valence-electron chi connectivity index (χ4n) is 6.64. The van der Waals surface area contributed by atoms with Gasteiger partial charge >= 0.3 is 5.97 Å². The van der Waals surface area contributed by atoms with Crippen molar-refractivity contribution in [2.24, 2.45) is 17.8 Å². The summed E-state index contributed by atoms with van der Waals surface area (Å²) >= 11 is 0. The van der Waals surface area contributed by atoms with Crippen molar-refractivity contribution < 1.29 is 39.1 Å². The Morgan fingerprint density at radius 1 is 1.12 bits per heavy atom. The lowest BCUT2D eigenvalue weighted by atomic mass is 9.76. The Balaban J connectivity index is 0.000000446. The van der Waals surface area contributed by atoms with E-state index < -0.39 is 35.7 Å². The summed E-state index contributed by atoms with van der Waals surface area (Å²) in [5, 5.41) is 31.1. The largest absolute Gasteiger partial charge is 0.458 e. The first-order valence-corrected chi connectivity index (χ1v) is 15.2. The molecule has 11 atom stereocenters. The SMILES string of the molecule is C=C[C@@]1(O)CN2C(O)O[C@]2(C)[C@@H](CC)OC(=O)C(C)C[C@H](C)C[C@](C)(OC)C[C@H]1C.CC1CC(N(C)C)CC(O)O1. The van der Waals surface area contributed by atoms with E-state index in [-0.39, 0.29) is 36.4 Å². The van der Waals surface area contributed by atoms with Crippen LogP contribution in [-0.2, 0) is 23.7 Å². The summed E-state index contributed by atoms with van der Waals surface area (Å²) < 4.78 is 22.6. The van der Waals surface area contributed by atoms with Crippen LogP contribution in [0.3, 0.4) is 0 Å². The first-order chi connectivity index (χ1) is 18.9. The molecular weight excluding hydrogens is 528 g/mol. The summed E-state index contributed by atoms with van der Waals surface area (Å²) in [4.78, 5) is 16.6. The van der Waals surface area contributed by atoms with E-state index in [1.807, 2.05) is 48.7 Å². The number of methoxy groups -OCH3 is 1. The Morgan fingerprint density at radius 3 is 2.24 bits per heavy atom. The van der Waals surface area contributed by atoms with Gasteiger partial charge in [-0.3, -0.25) is 4.79 Å². The molecule has 0 aromatic heterocycles. The van der Waals surface area contributed by atoms with E-state index in [1.54, 1.807) is 18.9 Å². The zero-order chi connectivity index (χ0) is 31.3. The topological polar surface area (TPSA) is 121 Å². The van der Waals surface area contributed by atoms with Crippen molar-refractivity contribution in [3.05, 3.63) is 12.7 Å². The third-order valence-corrected chi connectivity index (χ3v) is 9.40. The van der Waals surface area contributed by atoms with E-state index in [4.69, 9.17) is 18.9 Å². The van der Waals surface area contributed by atoms with E-state index in [2.05, 4.69) is 18.4 Å². The number of hydrogen-bond acceptors (Lipinski definition) is 10. The van der Waals surface area contributed by atoms with Crippen molar-refractivity contribution in [1.82, 2.24) is 9.80 Å². The predicted molar refractivity (Wildman–Crippen MR) is 158 cm³/mol. The number of cyclic esters (lactones) is 1. The minimum Gasteiger partial charge on any atom is -0.458 e. The highest BCUT2D eigenvalue weighted by atomic mass is 16.7. The van der Waals surface area contributed by atoms with Crippen molar-refractivity contribution in [2.75, 3.05) is 27.7 Å². The lowest BCUT2D eigenvalue weighted by Crippen LogP contribution is -2.74. The van der Waals surface area contributed by atoms with Crippen molar-refractivity contribution in [2.45, 2.75) is 135 Å². The van der Waals surface area contributed by atoms with Gasteiger partial charge in [0.1, 0.15) is 6.10 Å². The lowest BCUT2D eigenvalue weighted by molar-refractivity contribution is -0.443. The highest BCUT2D eigenvalue weighted by Gasteiger charge is 2.58. The number of nitrogens with zero attached hydrogens (tertiary/aromatic N) is 2. The zero-order valence-corrected chi connectivity index (χ0v) is 27.1. The zero-order valence-electron chi connectivity index (χ0n) is 27.1. The fraction of sp³-hybridized carbons (Fsp3) is 0.903. The van der Waals surface area contributed by atoms with Crippen LogP contribution in [0.2, 0.25) is 0 Å². The first-order valence-electron chi connectivity index (χ1n) is 15.2. The summed E-state index contributed by atoms with van der Waals surface area (Å²) in [5.41, 5.74) is -2.78. The van der Waals surface area contributed by atoms with Crippen LogP contribution in [0, 0.1) is 17.8 Å². The highest BCUT2D eigenvalue weighted by molar-refractivity contribution is 5.72. The van der Waals surface area contributed by atoms with Gasteiger partial charge < -0.3 is 39.2 Å². The molecule has 0 aromatic carbocycles. The minimum absolute atomic E-state index is 0.105. The van der Waals surface area contributed by atoms with Crippen molar-refractivity contribution in [1.29, 1.82) is 0 Å². The van der Waals surface area contributed by atoms with Crippen molar-refractivity contribution in [3.63, 3.8) is 0 Å². The van der Waals surface area contributed by atoms with Crippen molar-refractivity contribution in [3.8, 4) is 0 Å². The predicted octanol–water partition coefficient (Wildman–Crippen LogP) is 3.48. The minimum atomic E-state index is -1.28. The van der Waals surface area contributed by atoms with Gasteiger partial charge in [0.05, 0.1) is 23.2 Å². The van der Waals surface area contributed by atoms with Gasteiger partial charge in [-0.05, 0) is 78.8 Å². The smallest absolute Gasteiger partial charge is 0.309 e. The maximum atomic E-state index is 12.8. The number of fused-ring (bicyclic) bond motifs is 1. The summed E-state index contributed by atoms with van der Waals surface area (Å²) in [6, 6.07) is 0.466. The molecule has 3 aliphatic heterocycles. The molecule has 3 aliphatic rings. The lowest BCUT2D eigenvalue weighted by Gasteiger charge is -2.58. The Labute approximate surface area is 248 Å². The van der Waals surface area contributed by atoms with Gasteiger partial charge in [-0.1, -0.05) is 33.8 Å². The standard InChI is InChI=1S/C23H41NO6.C8H17NO2/c1-9-18-22(7)24(20(26)30-22)14-23(27,10-2)17(5)13-21(6,28-8)12-15(3)11-16(4)19(25)29-18;1-6-4-7(9(2)3)5-8(10)11-6/h10,15-18,20,26-27H,2,9,11-14H2,1,3-8H3;6-8,10H,4-5H2,1-3H3/t15-,16?,17+,18+,20?,21-,22+,23+;/m0./s1. The van der Waals surface area contributed by atoms with Gasteiger partial charge in [-0.2, -0.15) is 0 Å². The normalized spacial score (nSPS) is 44.9. The van der Waals surface area contributed by atoms with Crippen LogP contribution < -0.4 is 0 Å². The number of esters is 1. The molecule has 0 saturated carbocycles. The monoisotopic (exact) mass is 586 g/mol. The fourth-order valence-corrected chi connectivity index (χ4v) is 6.64. The molecule has 0 radical (unpaired) electrons. The molecule has 5 unspecified atom stereocenters. The molecule has 240 valence electrons. The molecule has 3 heterocycles. The van der Waals surface area contributed by atoms with Crippen LogP contribution in [0.15, 0.2) is 12.7 Å². The molecule has 41 heavy (non-hydrogen) atoms. The van der Waals surface area contributed by atoms with Gasteiger partial charge in [-0.15, -0.1) is 6.58 Å². The van der Waals surface area contributed by atoms with Crippen LogP contribution >= 0.6 is 0 Å². The molecule has 0 bridgehead atoms. The van der Waals surface area contributed by atoms with E-state index in [1.165, 1.54) is 6.08 Å². The number of ether oxygens (including phenoxy) is 4. The van der Waals surface area contributed by atoms with Crippen LogP contribution in [-0.4, -0.2) is 107 Å². The average Bonchev–Trinajstić information content (AvgIpc) is 2.88. The molecule has 3 N–H and O–H groups in total. The molecule has 3 rings (SSSR count). The maximum Gasteiger partial charge on any atom is 0.309 e. The average molecular weight is 587 g/mol. The summed E-state index contributed by atoms with van der Waals surface area (Å²) in [6.45, 7) is 17.7. The molecular formula is C31H58N2O8. The number of aliphatic hydroxyl groups excluding tert-OH is 2. The van der Waals surface area contributed by atoms with Crippen LogP contribution in [0.4, 0.5) is 0 Å². The van der Waals surface area contributed by atoms with Gasteiger partial charge in [0.2, 0.25) is 6.41 Å². The molecule has 10 heteroatoms. The summed E-state index contributed by atoms with van der Waals surface area (Å²) in [5.74, 6) is -0.489. The molecule has 0 aromatic rings. The quantitative estimate of drug-likeness (QED) is 0.334. The van der Waals surface area contributed by atoms with Crippen LogP contribution in [0.1, 0.15) is 87.0 Å². The molecule has 10 nitrogen and oxygen atoms in total. The Kier molecular flexibility index (Phi) is 12.8. The molecule has 3 saturated heterocycles. The number of carbonyl (C=O) groups excluding carboxylic acids is 1. The molecule has 3 fully saturated rings. The Morgan fingerprint density at radius 2 is 1.76 bits per heavy atom. The second-order valence-corrected chi connectivity index (χ2v) is 13.4. The van der Waals surface area contributed by atoms with E-state index in [9.17, 15) is 20.1 Å². The van der Waals surface area contributed by atoms with Gasteiger partial charge in [-0.25, -0.2) is 4.90 Å². The third-order valence-electron chi connectivity index (χ3n) is 9.40. The van der Waals surface area contributed by atoms with Crippen LogP contribution in [0.5, 0.6) is 0 Å². The van der Waals surface area contributed by atoms with E-state index in [0.29, 0.717) is 25.3 Å². The number of aliphatic hydroxyl groups is 3. The first kappa shape index (κ1) is 36.1. The van der Waals surface area contributed by atoms with Crippen molar-refractivity contribution >= 4 is 5.97 Å². The van der Waals surface area contributed by atoms with Crippen LogP contribution in [0.25, 0.3) is 0 Å². The summed E-state index contributed by atoms with van der Waals surface area (Å²) in [7, 11) is 5.76. The molecule has 0 aliphatic carbocycles. The second-order valence-electron chi connectivity index (χ2n) is 13.4. The summed E-state index contributed by atoms with van der Waals surface area (Å²) in [6.07, 6.45) is 3.72. The van der Waals surface area contributed by atoms with E-state index >= 15 is 0 Å². The number of carbonyl (C=O) groups is 1. The van der Waals surface area contributed by atoms with Gasteiger partial charge in [0.25, 0.3) is 0 Å². The maximum absolute atomic E-state index is 12.8. The third kappa shape index (κ3) is 8.95. The number of hydrogen-bond donors (Lipinski definition) is 3. The Bertz CT molecular complexity index is 850. The Hall–Kier alpha value is -1.11. The molecule has 0 spiro atoms. The second kappa shape index (κ2) is 14.6. The van der Waals surface area contributed by atoms with Gasteiger partial charge in [0.15, 0.2) is 12.0 Å². The molecule has 0 amide bonds.